The van der Waals surface area contributed by atoms with E-state index in [9.17, 15) is 0 Å². The molecule has 5 nitrogen and oxygen atoms in total. The Kier molecular flexibility index (Phi) is 2.96. The van der Waals surface area contributed by atoms with Crippen molar-refractivity contribution in [1.29, 1.82) is 0 Å². The molecule has 0 aromatic carbocycles. The first kappa shape index (κ1) is 11.1. The van der Waals surface area contributed by atoms with Crippen molar-refractivity contribution >= 4 is 11.6 Å². The molecule has 0 radical (unpaired) electrons. The molecule has 0 spiro atoms. The summed E-state index contributed by atoms with van der Waals surface area (Å²) in [6, 6.07) is 0. The van der Waals surface area contributed by atoms with Gasteiger partial charge in [0.15, 0.2) is 0 Å². The fraction of sp³-hybridized carbons (Fsp3) is 0.500. The Morgan fingerprint density at radius 1 is 1.50 bits per heavy atom. The van der Waals surface area contributed by atoms with E-state index in [2.05, 4.69) is 15.5 Å². The molecule has 1 unspecified atom stereocenters. The molecular weight excluding hydrogens is 228 g/mol. The lowest BCUT2D eigenvalue weighted by Gasteiger charge is -1.98. The van der Waals surface area contributed by atoms with Gasteiger partial charge in [-0.1, -0.05) is 10.4 Å². The number of aryl methyl sites for hydroxylation is 2. The minimum absolute atomic E-state index is 0.126. The summed E-state index contributed by atoms with van der Waals surface area (Å²) in [6.45, 7) is 6.27. The maximum Gasteiger partial charge on any atom is 0.138 e. The highest BCUT2D eigenvalue weighted by atomic mass is 35.5. The van der Waals surface area contributed by atoms with Crippen LogP contribution in [0.15, 0.2) is 10.7 Å². The zero-order valence-electron chi connectivity index (χ0n) is 9.44. The topological polar surface area (TPSA) is 56.7 Å². The second kappa shape index (κ2) is 4.25. The normalized spacial score (nSPS) is 13.0. The molecule has 86 valence electrons. The molecule has 2 aromatic rings. The Morgan fingerprint density at radius 2 is 2.25 bits per heavy atom. The summed E-state index contributed by atoms with van der Waals surface area (Å²) < 4.78 is 6.82. The van der Waals surface area contributed by atoms with Gasteiger partial charge in [-0.2, -0.15) is 0 Å². The van der Waals surface area contributed by atoms with Crippen LogP contribution in [0.4, 0.5) is 0 Å². The third-order valence-corrected chi connectivity index (χ3v) is 2.69. The average Bonchev–Trinajstić information content (AvgIpc) is 2.80. The van der Waals surface area contributed by atoms with Gasteiger partial charge in [-0.15, -0.1) is 16.7 Å². The molecular formula is C10H13ClN4O. The number of hydrogen-bond acceptors (Lipinski definition) is 4. The van der Waals surface area contributed by atoms with Gasteiger partial charge in [0.2, 0.25) is 0 Å². The molecule has 0 saturated carbocycles. The fourth-order valence-electron chi connectivity index (χ4n) is 1.46. The first-order valence-corrected chi connectivity index (χ1v) is 5.47. The van der Waals surface area contributed by atoms with E-state index in [1.165, 1.54) is 0 Å². The number of rotatable bonds is 3. The van der Waals surface area contributed by atoms with Gasteiger partial charge in [0.25, 0.3) is 0 Å². The first-order chi connectivity index (χ1) is 7.58. The van der Waals surface area contributed by atoms with Crippen molar-refractivity contribution in [3.05, 3.63) is 28.9 Å². The Hall–Kier alpha value is -1.36. The van der Waals surface area contributed by atoms with Crippen molar-refractivity contribution in [3.8, 4) is 0 Å². The molecule has 0 aliphatic carbocycles. The number of halogens is 1. The van der Waals surface area contributed by atoms with Crippen LogP contribution < -0.4 is 0 Å². The van der Waals surface area contributed by atoms with Gasteiger partial charge >= 0.3 is 0 Å². The second-order valence-corrected chi connectivity index (χ2v) is 4.41. The smallest absolute Gasteiger partial charge is 0.138 e. The summed E-state index contributed by atoms with van der Waals surface area (Å²) in [5.74, 6) is 0.813. The molecule has 2 aromatic heterocycles. The molecule has 0 aliphatic heterocycles. The minimum Gasteiger partial charge on any atom is -0.361 e. The van der Waals surface area contributed by atoms with E-state index in [1.807, 2.05) is 27.0 Å². The number of aromatic nitrogens is 4. The van der Waals surface area contributed by atoms with Gasteiger partial charge in [-0.05, 0) is 20.8 Å². The molecule has 0 aliphatic rings. The van der Waals surface area contributed by atoms with E-state index in [1.54, 1.807) is 4.68 Å². The summed E-state index contributed by atoms with van der Waals surface area (Å²) in [5, 5.41) is 11.8. The van der Waals surface area contributed by atoms with Gasteiger partial charge in [0, 0.05) is 5.56 Å². The molecule has 0 saturated heterocycles. The van der Waals surface area contributed by atoms with Crippen LogP contribution >= 0.6 is 11.6 Å². The molecule has 0 N–H and O–H groups in total. The lowest BCUT2D eigenvalue weighted by atomic mass is 10.2. The maximum absolute atomic E-state index is 5.91. The molecule has 2 rings (SSSR count). The van der Waals surface area contributed by atoms with Crippen molar-refractivity contribution in [2.24, 2.45) is 0 Å². The Labute approximate surface area is 98.4 Å². The standard InChI is InChI=1S/C10H13ClN4O/c1-6(11)10-5-15(14-12-10)4-9-7(2)13-16-8(9)3/h5-6H,4H2,1-3H3. The third-order valence-electron chi connectivity index (χ3n) is 2.47. The van der Waals surface area contributed by atoms with Crippen LogP contribution in [0.25, 0.3) is 0 Å². The van der Waals surface area contributed by atoms with Gasteiger partial charge in [-0.25, -0.2) is 4.68 Å². The van der Waals surface area contributed by atoms with E-state index in [4.69, 9.17) is 16.1 Å². The van der Waals surface area contributed by atoms with E-state index < -0.39 is 0 Å². The number of alkyl halides is 1. The van der Waals surface area contributed by atoms with Crippen molar-refractivity contribution in [2.75, 3.05) is 0 Å². The molecule has 16 heavy (non-hydrogen) atoms. The highest BCUT2D eigenvalue weighted by Crippen LogP contribution is 2.17. The largest absolute Gasteiger partial charge is 0.361 e. The lowest BCUT2D eigenvalue weighted by molar-refractivity contribution is 0.391. The van der Waals surface area contributed by atoms with Crippen molar-refractivity contribution < 1.29 is 4.52 Å². The van der Waals surface area contributed by atoms with E-state index in [0.717, 1.165) is 22.7 Å². The maximum atomic E-state index is 5.91. The fourth-order valence-corrected chi connectivity index (χ4v) is 1.56. The van der Waals surface area contributed by atoms with Crippen LogP contribution in [0, 0.1) is 13.8 Å². The number of hydrogen-bond donors (Lipinski definition) is 0. The van der Waals surface area contributed by atoms with E-state index in [0.29, 0.717) is 6.54 Å². The summed E-state index contributed by atoms with van der Waals surface area (Å²) in [7, 11) is 0. The predicted molar refractivity (Wildman–Crippen MR) is 59.4 cm³/mol. The lowest BCUT2D eigenvalue weighted by Crippen LogP contribution is -2.02. The van der Waals surface area contributed by atoms with Gasteiger partial charge in [0.05, 0.1) is 23.8 Å². The van der Waals surface area contributed by atoms with Crippen LogP contribution in [0.2, 0.25) is 0 Å². The van der Waals surface area contributed by atoms with Crippen molar-refractivity contribution in [3.63, 3.8) is 0 Å². The Morgan fingerprint density at radius 3 is 2.75 bits per heavy atom. The first-order valence-electron chi connectivity index (χ1n) is 5.03. The number of nitrogens with zero attached hydrogens (tertiary/aromatic N) is 4. The summed E-state index contributed by atoms with van der Waals surface area (Å²) in [5.41, 5.74) is 2.69. The molecule has 2 heterocycles. The van der Waals surface area contributed by atoms with Gasteiger partial charge < -0.3 is 4.52 Å². The van der Waals surface area contributed by atoms with Crippen molar-refractivity contribution in [2.45, 2.75) is 32.7 Å². The molecule has 0 amide bonds. The third kappa shape index (κ3) is 2.09. The monoisotopic (exact) mass is 240 g/mol. The predicted octanol–water partition coefficient (Wildman–Crippen LogP) is 2.23. The zero-order chi connectivity index (χ0) is 11.7. The van der Waals surface area contributed by atoms with Crippen LogP contribution in [0.1, 0.15) is 35.0 Å². The van der Waals surface area contributed by atoms with Gasteiger partial charge in [-0.3, -0.25) is 0 Å². The van der Waals surface area contributed by atoms with Crippen LogP contribution in [-0.4, -0.2) is 20.2 Å². The van der Waals surface area contributed by atoms with Gasteiger partial charge in [0.1, 0.15) is 11.5 Å². The van der Waals surface area contributed by atoms with Crippen LogP contribution in [0.5, 0.6) is 0 Å². The summed E-state index contributed by atoms with van der Waals surface area (Å²) >= 11 is 5.91. The zero-order valence-corrected chi connectivity index (χ0v) is 10.2. The highest BCUT2D eigenvalue weighted by molar-refractivity contribution is 6.20. The SMILES string of the molecule is Cc1noc(C)c1Cn1cc(C(C)Cl)nn1. The Balaban J connectivity index is 2.21. The molecule has 1 atom stereocenters. The quantitative estimate of drug-likeness (QED) is 0.772. The van der Waals surface area contributed by atoms with Crippen LogP contribution in [-0.2, 0) is 6.54 Å². The molecule has 0 fully saturated rings. The van der Waals surface area contributed by atoms with Crippen molar-refractivity contribution in [1.82, 2.24) is 20.2 Å². The summed E-state index contributed by atoms with van der Waals surface area (Å²) in [6.07, 6.45) is 1.84. The van der Waals surface area contributed by atoms with Crippen LogP contribution in [0.3, 0.4) is 0 Å². The van der Waals surface area contributed by atoms with E-state index in [-0.39, 0.29) is 5.38 Å². The summed E-state index contributed by atoms with van der Waals surface area (Å²) in [4.78, 5) is 0. The molecule has 0 bridgehead atoms. The highest BCUT2D eigenvalue weighted by Gasteiger charge is 2.12. The second-order valence-electron chi connectivity index (χ2n) is 3.76. The average molecular weight is 241 g/mol. The Bertz CT molecular complexity index is 469. The van der Waals surface area contributed by atoms with E-state index >= 15 is 0 Å². The molecule has 6 heteroatoms. The minimum atomic E-state index is -0.126.